The average Bonchev–Trinajstić information content (AvgIpc) is 3.07. The summed E-state index contributed by atoms with van der Waals surface area (Å²) in [7, 11) is 0. The van der Waals surface area contributed by atoms with Crippen LogP contribution < -0.4 is 11.1 Å². The van der Waals surface area contributed by atoms with Crippen molar-refractivity contribution < 1.29 is 18.4 Å². The van der Waals surface area contributed by atoms with Crippen LogP contribution >= 0.6 is 23.1 Å². The zero-order valence-corrected chi connectivity index (χ0v) is 16.3. The van der Waals surface area contributed by atoms with Gasteiger partial charge in [-0.2, -0.15) is 0 Å². The Kier molecular flexibility index (Phi) is 6.05. The molecule has 3 aromatic rings. The number of thioether (sulfide) groups is 1. The fourth-order valence-electron chi connectivity index (χ4n) is 2.36. The number of aromatic nitrogens is 1. The minimum absolute atomic E-state index is 0.290. The Morgan fingerprint density at radius 3 is 2.50 bits per heavy atom. The van der Waals surface area contributed by atoms with Crippen LogP contribution in [0.15, 0.2) is 46.7 Å². The van der Waals surface area contributed by atoms with E-state index in [0.717, 1.165) is 21.7 Å². The molecule has 1 heterocycles. The van der Waals surface area contributed by atoms with Gasteiger partial charge < -0.3 is 11.1 Å². The summed E-state index contributed by atoms with van der Waals surface area (Å²) in [4.78, 5) is 28.8. The van der Waals surface area contributed by atoms with Gasteiger partial charge in [0.25, 0.3) is 11.8 Å². The number of aryl methyl sites for hydroxylation is 1. The van der Waals surface area contributed by atoms with Crippen molar-refractivity contribution in [3.63, 3.8) is 0 Å². The van der Waals surface area contributed by atoms with Crippen molar-refractivity contribution in [2.75, 3.05) is 5.32 Å². The molecule has 2 amide bonds. The first-order valence-electron chi connectivity index (χ1n) is 8.07. The predicted molar refractivity (Wildman–Crippen MR) is 106 cm³/mol. The Morgan fingerprint density at radius 2 is 1.89 bits per heavy atom. The third kappa shape index (κ3) is 4.73. The van der Waals surface area contributed by atoms with Gasteiger partial charge in [0.2, 0.25) is 0 Å². The second kappa shape index (κ2) is 8.49. The zero-order chi connectivity index (χ0) is 20.3. The lowest BCUT2D eigenvalue weighted by molar-refractivity contribution is 0.0992. The lowest BCUT2D eigenvalue weighted by atomic mass is 10.1. The summed E-state index contributed by atoms with van der Waals surface area (Å²) in [5.74, 6) is -3.01. The summed E-state index contributed by atoms with van der Waals surface area (Å²) >= 11 is 3.17. The number of nitrogens with two attached hydrogens (primary N) is 1. The van der Waals surface area contributed by atoms with Crippen LogP contribution in [0.1, 0.15) is 31.4 Å². The molecule has 0 atom stereocenters. The second-order valence-corrected chi connectivity index (χ2v) is 7.91. The molecule has 9 heteroatoms. The van der Waals surface area contributed by atoms with Gasteiger partial charge in [0, 0.05) is 27.7 Å². The third-order valence-electron chi connectivity index (χ3n) is 3.74. The summed E-state index contributed by atoms with van der Waals surface area (Å²) in [6, 6.07) is 8.13. The molecule has 1 aromatic heterocycles. The molecule has 2 aromatic carbocycles. The fourth-order valence-corrected chi connectivity index (χ4v) is 3.87. The van der Waals surface area contributed by atoms with Crippen LogP contribution in [0.3, 0.4) is 0 Å². The Balaban J connectivity index is 1.68. The monoisotopic (exact) mass is 419 g/mol. The number of hydrogen-bond donors (Lipinski definition) is 2. The summed E-state index contributed by atoms with van der Waals surface area (Å²) in [6.07, 6.45) is 0. The van der Waals surface area contributed by atoms with Gasteiger partial charge in [-0.3, -0.25) is 9.59 Å². The highest BCUT2D eigenvalue weighted by atomic mass is 32.2. The smallest absolute Gasteiger partial charge is 0.255 e. The zero-order valence-electron chi connectivity index (χ0n) is 14.7. The molecule has 0 unspecified atom stereocenters. The van der Waals surface area contributed by atoms with Crippen molar-refractivity contribution in [2.45, 2.75) is 17.6 Å². The number of carbonyl (C=O) groups is 2. The molecule has 144 valence electrons. The second-order valence-electron chi connectivity index (χ2n) is 5.80. The maximum Gasteiger partial charge on any atom is 0.255 e. The largest absolute Gasteiger partial charge is 0.366 e. The van der Waals surface area contributed by atoms with E-state index in [2.05, 4.69) is 10.3 Å². The Labute approximate surface area is 168 Å². The molecular formula is C19H15F2N3O2S2. The van der Waals surface area contributed by atoms with Crippen LogP contribution in [0, 0.1) is 18.6 Å². The van der Waals surface area contributed by atoms with Gasteiger partial charge in [0.15, 0.2) is 0 Å². The number of carbonyl (C=O) groups excluding carboxylic acids is 2. The van der Waals surface area contributed by atoms with Crippen LogP contribution in [0.2, 0.25) is 0 Å². The van der Waals surface area contributed by atoms with Gasteiger partial charge in [-0.05, 0) is 37.3 Å². The lowest BCUT2D eigenvalue weighted by Gasteiger charge is -2.09. The molecule has 5 nitrogen and oxygen atoms in total. The van der Waals surface area contributed by atoms with Gasteiger partial charge in [-0.25, -0.2) is 13.8 Å². The summed E-state index contributed by atoms with van der Waals surface area (Å²) in [5, 5.41) is 5.34. The van der Waals surface area contributed by atoms with Crippen LogP contribution in [0.25, 0.3) is 0 Å². The molecule has 0 fully saturated rings. The predicted octanol–water partition coefficient (Wildman–Crippen LogP) is 4.37. The molecule has 3 N–H and O–H groups in total. The van der Waals surface area contributed by atoms with Crippen molar-refractivity contribution >= 4 is 40.6 Å². The number of halogens is 2. The molecule has 0 bridgehead atoms. The van der Waals surface area contributed by atoms with Crippen molar-refractivity contribution in [3.05, 3.63) is 75.2 Å². The van der Waals surface area contributed by atoms with E-state index >= 15 is 0 Å². The number of nitrogens with zero attached hydrogens (tertiary/aromatic N) is 1. The normalized spacial score (nSPS) is 10.7. The quantitative estimate of drug-likeness (QED) is 0.581. The van der Waals surface area contributed by atoms with Crippen LogP contribution in [0.4, 0.5) is 14.5 Å². The number of rotatable bonds is 6. The number of amides is 2. The summed E-state index contributed by atoms with van der Waals surface area (Å²) in [5.41, 5.74) is 5.50. The minimum atomic E-state index is -1.08. The van der Waals surface area contributed by atoms with E-state index in [1.165, 1.54) is 0 Å². The van der Waals surface area contributed by atoms with Crippen molar-refractivity contribution in [2.24, 2.45) is 5.73 Å². The SMILES string of the molecule is Cc1nc(CSc2ccc(C(=O)Nc3cc(C(N)=O)c(F)cc3F)cc2)cs1. The van der Waals surface area contributed by atoms with E-state index in [4.69, 9.17) is 5.73 Å². The molecule has 0 radical (unpaired) electrons. The van der Waals surface area contributed by atoms with E-state index < -0.39 is 29.0 Å². The molecular weight excluding hydrogens is 404 g/mol. The number of hydrogen-bond acceptors (Lipinski definition) is 5. The molecule has 0 spiro atoms. The summed E-state index contributed by atoms with van der Waals surface area (Å²) in [6.45, 7) is 1.95. The first kappa shape index (κ1) is 20.0. The summed E-state index contributed by atoms with van der Waals surface area (Å²) < 4.78 is 27.4. The molecule has 0 saturated heterocycles. The average molecular weight is 419 g/mol. The van der Waals surface area contributed by atoms with E-state index in [-0.39, 0.29) is 5.69 Å². The topological polar surface area (TPSA) is 85.1 Å². The van der Waals surface area contributed by atoms with Crippen LogP contribution in [0.5, 0.6) is 0 Å². The number of benzene rings is 2. The van der Waals surface area contributed by atoms with E-state index in [0.29, 0.717) is 17.4 Å². The molecule has 0 aliphatic heterocycles. The molecule has 3 rings (SSSR count). The molecule has 0 saturated carbocycles. The maximum absolute atomic E-state index is 13.9. The standard InChI is InChI=1S/C19H15F2N3O2S2/c1-10-23-12(8-27-10)9-28-13-4-2-11(3-5-13)19(26)24-17-6-14(18(22)25)15(20)7-16(17)21/h2-8H,9H2,1H3,(H2,22,25)(H,24,26). The highest BCUT2D eigenvalue weighted by Crippen LogP contribution is 2.25. The number of anilines is 1. The Bertz CT molecular complexity index is 1040. The maximum atomic E-state index is 13.9. The first-order valence-corrected chi connectivity index (χ1v) is 9.94. The van der Waals surface area contributed by atoms with E-state index in [9.17, 15) is 18.4 Å². The highest BCUT2D eigenvalue weighted by Gasteiger charge is 2.16. The highest BCUT2D eigenvalue weighted by molar-refractivity contribution is 7.98. The minimum Gasteiger partial charge on any atom is -0.366 e. The van der Waals surface area contributed by atoms with Crippen molar-refractivity contribution in [3.8, 4) is 0 Å². The van der Waals surface area contributed by atoms with Gasteiger partial charge in [0.05, 0.1) is 22.0 Å². The van der Waals surface area contributed by atoms with E-state index in [1.807, 2.05) is 12.3 Å². The van der Waals surface area contributed by atoms with Crippen molar-refractivity contribution in [1.82, 2.24) is 4.98 Å². The van der Waals surface area contributed by atoms with Crippen LogP contribution in [-0.2, 0) is 5.75 Å². The first-order chi connectivity index (χ1) is 13.3. The molecule has 28 heavy (non-hydrogen) atoms. The van der Waals surface area contributed by atoms with Crippen LogP contribution in [-0.4, -0.2) is 16.8 Å². The Hall–Kier alpha value is -2.78. The van der Waals surface area contributed by atoms with Crippen molar-refractivity contribution in [1.29, 1.82) is 0 Å². The number of primary amides is 1. The third-order valence-corrected chi connectivity index (χ3v) is 5.61. The van der Waals surface area contributed by atoms with E-state index in [1.54, 1.807) is 47.4 Å². The van der Waals surface area contributed by atoms with Gasteiger partial charge in [-0.1, -0.05) is 0 Å². The number of nitrogens with one attached hydrogen (secondary N) is 1. The van der Waals surface area contributed by atoms with Gasteiger partial charge in [0.1, 0.15) is 11.6 Å². The molecule has 0 aliphatic carbocycles. The lowest BCUT2D eigenvalue weighted by Crippen LogP contribution is -2.17. The molecule has 0 aliphatic rings. The van der Waals surface area contributed by atoms with Gasteiger partial charge >= 0.3 is 0 Å². The fraction of sp³-hybridized carbons (Fsp3) is 0.105. The number of thiazole rings is 1. The van der Waals surface area contributed by atoms with Gasteiger partial charge in [-0.15, -0.1) is 23.1 Å². The Morgan fingerprint density at radius 1 is 1.18 bits per heavy atom.